The summed E-state index contributed by atoms with van der Waals surface area (Å²) in [5.41, 5.74) is -0.197. The van der Waals surface area contributed by atoms with Gasteiger partial charge in [-0.05, 0) is 32.0 Å². The van der Waals surface area contributed by atoms with Crippen LogP contribution in [-0.4, -0.2) is 56.8 Å². The normalized spacial score (nSPS) is 26.1. The highest BCUT2D eigenvalue weighted by Crippen LogP contribution is 2.45. The maximum atomic E-state index is 12.5. The molecule has 1 saturated heterocycles. The predicted molar refractivity (Wildman–Crippen MR) is 95.9 cm³/mol. The van der Waals surface area contributed by atoms with Crippen molar-refractivity contribution in [3.63, 3.8) is 0 Å². The molecule has 0 saturated carbocycles. The molecule has 7 nitrogen and oxygen atoms in total. The maximum Gasteiger partial charge on any atom is 0.264 e. The molecule has 2 aliphatic heterocycles. The molecule has 9 heteroatoms. The van der Waals surface area contributed by atoms with Crippen molar-refractivity contribution >= 4 is 32.0 Å². The molecule has 1 aromatic carbocycles. The minimum Gasteiger partial charge on any atom is -0.485 e. The number of fused-ring (bicyclic) bond motifs is 1. The third kappa shape index (κ3) is 3.84. The van der Waals surface area contributed by atoms with Crippen LogP contribution in [0.2, 0.25) is 0 Å². The molecule has 1 amide bonds. The molecule has 138 valence electrons. The average molecular weight is 433 g/mol. The summed E-state index contributed by atoms with van der Waals surface area (Å²) in [6, 6.07) is 4.96. The lowest BCUT2D eigenvalue weighted by atomic mass is 9.85. The molecule has 0 spiro atoms. The van der Waals surface area contributed by atoms with Crippen LogP contribution in [0, 0.1) is 0 Å². The number of nitrogens with zero attached hydrogens (tertiary/aromatic N) is 1. The van der Waals surface area contributed by atoms with Gasteiger partial charge in [0.25, 0.3) is 10.1 Å². The summed E-state index contributed by atoms with van der Waals surface area (Å²) < 4.78 is 36.0. The summed E-state index contributed by atoms with van der Waals surface area (Å²) in [5, 5.41) is 3.03. The number of hydrogen-bond acceptors (Lipinski definition) is 6. The van der Waals surface area contributed by atoms with E-state index in [0.717, 1.165) is 16.3 Å². The van der Waals surface area contributed by atoms with Crippen molar-refractivity contribution in [2.45, 2.75) is 31.6 Å². The number of benzene rings is 1. The predicted octanol–water partition coefficient (Wildman–Crippen LogP) is 1.44. The van der Waals surface area contributed by atoms with Crippen LogP contribution in [0.5, 0.6) is 5.75 Å². The van der Waals surface area contributed by atoms with Crippen LogP contribution in [0.3, 0.4) is 0 Å². The van der Waals surface area contributed by atoms with E-state index in [-0.39, 0.29) is 12.5 Å². The fourth-order valence-electron chi connectivity index (χ4n) is 3.33. The van der Waals surface area contributed by atoms with Gasteiger partial charge < -0.3 is 15.0 Å². The van der Waals surface area contributed by atoms with E-state index in [1.54, 1.807) is 18.7 Å². The summed E-state index contributed by atoms with van der Waals surface area (Å²) in [7, 11) is -3.74. The molecule has 0 unspecified atom stereocenters. The Hall–Kier alpha value is -1.16. The van der Waals surface area contributed by atoms with Gasteiger partial charge in [-0.15, -0.1) is 0 Å². The average Bonchev–Trinajstić information content (AvgIpc) is 2.48. The van der Waals surface area contributed by atoms with E-state index in [1.165, 1.54) is 0 Å². The number of piperazine rings is 1. The number of ether oxygens (including phenoxy) is 1. The molecule has 2 heterocycles. The molecule has 2 aliphatic rings. The van der Waals surface area contributed by atoms with E-state index in [4.69, 9.17) is 8.92 Å². The van der Waals surface area contributed by atoms with Gasteiger partial charge >= 0.3 is 0 Å². The minimum atomic E-state index is -3.74. The molecule has 2 atom stereocenters. The van der Waals surface area contributed by atoms with Crippen LogP contribution >= 0.6 is 15.9 Å². The Morgan fingerprint density at radius 1 is 1.40 bits per heavy atom. The Bertz CT molecular complexity index is 796. The van der Waals surface area contributed by atoms with Crippen molar-refractivity contribution in [3.05, 3.63) is 28.2 Å². The Morgan fingerprint density at radius 3 is 2.76 bits per heavy atom. The molecular formula is C16H21BrN2O5S. The molecular weight excluding hydrogens is 412 g/mol. The van der Waals surface area contributed by atoms with E-state index in [0.29, 0.717) is 18.8 Å². The summed E-state index contributed by atoms with van der Waals surface area (Å²) in [6.45, 7) is 4.86. The molecule has 0 radical (unpaired) electrons. The van der Waals surface area contributed by atoms with E-state index < -0.39 is 27.9 Å². The first-order valence-corrected chi connectivity index (χ1v) is 10.6. The summed E-state index contributed by atoms with van der Waals surface area (Å²) in [6.07, 6.45) is 0.155. The Morgan fingerprint density at radius 2 is 2.12 bits per heavy atom. The van der Waals surface area contributed by atoms with Crippen molar-refractivity contribution < 1.29 is 22.1 Å². The van der Waals surface area contributed by atoms with E-state index in [2.05, 4.69) is 21.2 Å². The van der Waals surface area contributed by atoms with Gasteiger partial charge in [0.1, 0.15) is 17.5 Å². The van der Waals surface area contributed by atoms with Gasteiger partial charge in [0, 0.05) is 23.1 Å². The van der Waals surface area contributed by atoms with Crippen LogP contribution < -0.4 is 10.1 Å². The van der Waals surface area contributed by atoms with Gasteiger partial charge in [-0.3, -0.25) is 8.98 Å². The third-order valence-corrected chi connectivity index (χ3v) is 5.43. The second-order valence-electron chi connectivity index (χ2n) is 6.82. The van der Waals surface area contributed by atoms with Gasteiger partial charge in [0.15, 0.2) is 0 Å². The molecule has 3 rings (SSSR count). The topological polar surface area (TPSA) is 84.9 Å². The second-order valence-corrected chi connectivity index (χ2v) is 9.33. The zero-order chi connectivity index (χ0) is 18.4. The molecule has 1 fully saturated rings. The number of nitrogens with one attached hydrogen (secondary N) is 1. The quantitative estimate of drug-likeness (QED) is 0.727. The Kier molecular flexibility index (Phi) is 4.87. The minimum absolute atomic E-state index is 0.0954. The third-order valence-electron chi connectivity index (χ3n) is 4.38. The van der Waals surface area contributed by atoms with Crippen LogP contribution in [0.15, 0.2) is 22.7 Å². The van der Waals surface area contributed by atoms with Crippen molar-refractivity contribution in [1.29, 1.82) is 0 Å². The van der Waals surface area contributed by atoms with Crippen molar-refractivity contribution in [3.8, 4) is 5.75 Å². The second kappa shape index (κ2) is 6.53. The first-order chi connectivity index (χ1) is 11.6. The molecule has 0 aliphatic carbocycles. The fourth-order valence-corrected chi connectivity index (χ4v) is 4.42. The fraction of sp³-hybridized carbons (Fsp3) is 0.562. The Labute approximate surface area is 155 Å². The number of halogens is 1. The van der Waals surface area contributed by atoms with Crippen molar-refractivity contribution in [2.24, 2.45) is 0 Å². The van der Waals surface area contributed by atoms with Crippen LogP contribution in [-0.2, 0) is 19.1 Å². The Balaban J connectivity index is 2.15. The maximum absolute atomic E-state index is 12.5. The van der Waals surface area contributed by atoms with Crippen LogP contribution in [0.1, 0.15) is 25.5 Å². The van der Waals surface area contributed by atoms with E-state index in [1.807, 2.05) is 18.2 Å². The highest BCUT2D eigenvalue weighted by Gasteiger charge is 2.50. The number of hydrogen-bond donors (Lipinski definition) is 1. The largest absolute Gasteiger partial charge is 0.485 e. The first kappa shape index (κ1) is 18.6. The molecule has 1 aromatic rings. The smallest absolute Gasteiger partial charge is 0.264 e. The highest BCUT2D eigenvalue weighted by atomic mass is 79.9. The van der Waals surface area contributed by atoms with E-state index >= 15 is 0 Å². The lowest BCUT2D eigenvalue weighted by Gasteiger charge is -2.48. The standard InChI is InChI=1S/C16H21BrN2O5S/c1-16(2)15(24-25(3,21)22)14(19-7-6-18-9-13(19)20)11-8-10(17)4-5-12(11)23-16/h4-5,8,14-15,18H,6-7,9H2,1-3H3/t14-,15+/m1/s1. The SMILES string of the molecule is CC1(C)Oc2ccc(Br)cc2[C@@H](N2CCNCC2=O)[C@@H]1OS(C)(=O)=O. The lowest BCUT2D eigenvalue weighted by molar-refractivity contribution is -0.143. The number of rotatable bonds is 3. The zero-order valence-corrected chi connectivity index (χ0v) is 16.7. The monoisotopic (exact) mass is 432 g/mol. The van der Waals surface area contributed by atoms with Gasteiger partial charge in [-0.1, -0.05) is 15.9 Å². The van der Waals surface area contributed by atoms with Crippen LogP contribution in [0.4, 0.5) is 0 Å². The molecule has 0 aromatic heterocycles. The highest BCUT2D eigenvalue weighted by molar-refractivity contribution is 9.10. The van der Waals surface area contributed by atoms with Gasteiger partial charge in [-0.25, -0.2) is 0 Å². The first-order valence-electron chi connectivity index (χ1n) is 7.95. The molecule has 1 N–H and O–H groups in total. The van der Waals surface area contributed by atoms with E-state index in [9.17, 15) is 13.2 Å². The lowest BCUT2D eigenvalue weighted by Crippen LogP contribution is -2.59. The zero-order valence-electron chi connectivity index (χ0n) is 14.3. The van der Waals surface area contributed by atoms with Gasteiger partial charge in [0.2, 0.25) is 5.91 Å². The van der Waals surface area contributed by atoms with Crippen molar-refractivity contribution in [1.82, 2.24) is 10.2 Å². The summed E-state index contributed by atoms with van der Waals surface area (Å²) >= 11 is 3.44. The summed E-state index contributed by atoms with van der Waals surface area (Å²) in [5.74, 6) is 0.528. The number of amides is 1. The summed E-state index contributed by atoms with van der Waals surface area (Å²) in [4.78, 5) is 14.2. The number of carbonyl (C=O) groups excluding carboxylic acids is 1. The molecule has 0 bridgehead atoms. The van der Waals surface area contributed by atoms with Crippen LogP contribution in [0.25, 0.3) is 0 Å². The van der Waals surface area contributed by atoms with Crippen molar-refractivity contribution in [2.75, 3.05) is 25.9 Å². The molecule has 25 heavy (non-hydrogen) atoms. The van der Waals surface area contributed by atoms with Gasteiger partial charge in [0.05, 0.1) is 18.8 Å². The van der Waals surface area contributed by atoms with Gasteiger partial charge in [-0.2, -0.15) is 8.42 Å². The number of carbonyl (C=O) groups is 1.